The summed E-state index contributed by atoms with van der Waals surface area (Å²) >= 11 is 0. The molecule has 0 atom stereocenters. The van der Waals surface area contributed by atoms with Crippen molar-refractivity contribution in [2.75, 3.05) is 25.0 Å². The molecule has 0 saturated carbocycles. The second-order valence-electron chi connectivity index (χ2n) is 5.73. The van der Waals surface area contributed by atoms with E-state index < -0.39 is 6.36 Å². The highest BCUT2D eigenvalue weighted by Crippen LogP contribution is 2.23. The summed E-state index contributed by atoms with van der Waals surface area (Å²) in [6, 6.07) is 5.15. The van der Waals surface area contributed by atoms with E-state index in [1.165, 1.54) is 29.2 Å². The number of quaternary nitrogens is 1. The lowest BCUT2D eigenvalue weighted by atomic mass is 9.99. The summed E-state index contributed by atoms with van der Waals surface area (Å²) in [6.07, 6.45) is -2.47. The Morgan fingerprint density at radius 2 is 1.86 bits per heavy atom. The highest BCUT2D eigenvalue weighted by atomic mass is 19.4. The van der Waals surface area contributed by atoms with Crippen molar-refractivity contribution in [3.05, 3.63) is 24.3 Å². The molecule has 122 valence electrons. The molecule has 0 aliphatic carbocycles. The van der Waals surface area contributed by atoms with Gasteiger partial charge < -0.3 is 15.0 Å². The zero-order chi connectivity index (χ0) is 16.2. The summed E-state index contributed by atoms with van der Waals surface area (Å²) in [5, 5.41) is 2.69. The Morgan fingerprint density at radius 1 is 1.27 bits per heavy atom. The van der Waals surface area contributed by atoms with Gasteiger partial charge in [0, 0.05) is 5.69 Å². The van der Waals surface area contributed by atoms with Crippen LogP contribution in [0.15, 0.2) is 24.3 Å². The van der Waals surface area contributed by atoms with E-state index in [0.29, 0.717) is 18.2 Å². The lowest BCUT2D eigenvalue weighted by molar-refractivity contribution is -0.897. The van der Waals surface area contributed by atoms with Gasteiger partial charge in [0.25, 0.3) is 5.91 Å². The van der Waals surface area contributed by atoms with Crippen molar-refractivity contribution >= 4 is 11.6 Å². The number of hydrogen-bond donors (Lipinski definition) is 2. The van der Waals surface area contributed by atoms with Gasteiger partial charge in [0.1, 0.15) is 5.75 Å². The third-order valence-corrected chi connectivity index (χ3v) is 3.76. The van der Waals surface area contributed by atoms with Crippen molar-refractivity contribution in [2.24, 2.45) is 5.92 Å². The number of carbonyl (C=O) groups is 1. The maximum atomic E-state index is 12.0. The Balaban J connectivity index is 1.81. The third kappa shape index (κ3) is 5.55. The predicted molar refractivity (Wildman–Crippen MR) is 75.7 cm³/mol. The maximum absolute atomic E-state index is 12.0. The van der Waals surface area contributed by atoms with Crippen LogP contribution >= 0.6 is 0 Å². The molecule has 4 nitrogen and oxygen atoms in total. The predicted octanol–water partition coefficient (Wildman–Crippen LogP) is 1.84. The quantitative estimate of drug-likeness (QED) is 0.890. The molecule has 22 heavy (non-hydrogen) atoms. The highest BCUT2D eigenvalue weighted by molar-refractivity contribution is 5.91. The normalized spacial score (nSPS) is 22.2. The molecule has 1 amide bonds. The molecule has 0 aromatic heterocycles. The molecule has 0 spiro atoms. The number of hydrogen-bond acceptors (Lipinski definition) is 2. The van der Waals surface area contributed by atoms with E-state index in [1.54, 1.807) is 0 Å². The van der Waals surface area contributed by atoms with Crippen LogP contribution in [-0.4, -0.2) is 31.9 Å². The van der Waals surface area contributed by atoms with Crippen molar-refractivity contribution in [1.29, 1.82) is 0 Å². The first-order chi connectivity index (χ1) is 10.3. The Kier molecular flexibility index (Phi) is 5.28. The molecule has 1 aromatic rings. The molecule has 0 radical (unpaired) electrons. The van der Waals surface area contributed by atoms with Crippen LogP contribution in [0.2, 0.25) is 0 Å². The van der Waals surface area contributed by atoms with Crippen LogP contribution in [0.25, 0.3) is 0 Å². The van der Waals surface area contributed by atoms with Gasteiger partial charge in [0.05, 0.1) is 13.1 Å². The smallest absolute Gasteiger partial charge is 0.406 e. The zero-order valence-electron chi connectivity index (χ0n) is 12.4. The monoisotopic (exact) mass is 317 g/mol. The van der Waals surface area contributed by atoms with Gasteiger partial charge in [0.2, 0.25) is 0 Å². The number of amides is 1. The van der Waals surface area contributed by atoms with Gasteiger partial charge in [-0.3, -0.25) is 4.79 Å². The highest BCUT2D eigenvalue weighted by Gasteiger charge is 2.31. The first kappa shape index (κ1) is 16.6. The van der Waals surface area contributed by atoms with Crippen molar-refractivity contribution < 1.29 is 27.6 Å². The fraction of sp³-hybridized carbons (Fsp3) is 0.533. The van der Waals surface area contributed by atoms with Crippen LogP contribution in [-0.2, 0) is 4.79 Å². The number of carbonyl (C=O) groups excluding carboxylic acids is 1. The van der Waals surface area contributed by atoms with E-state index in [9.17, 15) is 18.0 Å². The van der Waals surface area contributed by atoms with Crippen LogP contribution in [0.1, 0.15) is 19.8 Å². The fourth-order valence-corrected chi connectivity index (χ4v) is 2.52. The fourth-order valence-electron chi connectivity index (χ4n) is 2.52. The molecular weight excluding hydrogens is 297 g/mol. The number of halogens is 3. The van der Waals surface area contributed by atoms with Crippen molar-refractivity contribution in [1.82, 2.24) is 0 Å². The summed E-state index contributed by atoms with van der Waals surface area (Å²) in [5.74, 6) is 0.281. The van der Waals surface area contributed by atoms with Crippen molar-refractivity contribution in [3.63, 3.8) is 0 Å². The molecular formula is C15H20F3N2O2+. The number of benzene rings is 1. The van der Waals surface area contributed by atoms with E-state index in [1.807, 2.05) is 0 Å². The Bertz CT molecular complexity index is 495. The molecule has 1 saturated heterocycles. The van der Waals surface area contributed by atoms with Gasteiger partial charge >= 0.3 is 6.36 Å². The van der Waals surface area contributed by atoms with E-state index >= 15 is 0 Å². The van der Waals surface area contributed by atoms with Crippen molar-refractivity contribution in [2.45, 2.75) is 26.1 Å². The maximum Gasteiger partial charge on any atom is 0.573 e. The molecule has 1 aromatic carbocycles. The summed E-state index contributed by atoms with van der Waals surface area (Å²) in [7, 11) is 0. The Morgan fingerprint density at radius 3 is 2.41 bits per heavy atom. The van der Waals surface area contributed by atoms with Gasteiger partial charge in [-0.25, -0.2) is 0 Å². The van der Waals surface area contributed by atoms with E-state index in [-0.39, 0.29) is 11.7 Å². The van der Waals surface area contributed by atoms with Crippen LogP contribution < -0.4 is 15.0 Å². The second-order valence-corrected chi connectivity index (χ2v) is 5.73. The van der Waals surface area contributed by atoms with Gasteiger partial charge in [-0.1, -0.05) is 6.92 Å². The van der Waals surface area contributed by atoms with Crippen LogP contribution in [0.3, 0.4) is 0 Å². The average molecular weight is 317 g/mol. The van der Waals surface area contributed by atoms with E-state index in [2.05, 4.69) is 17.0 Å². The Labute approximate surface area is 127 Å². The van der Waals surface area contributed by atoms with Gasteiger partial charge in [0.15, 0.2) is 6.54 Å². The molecule has 2 N–H and O–H groups in total. The minimum Gasteiger partial charge on any atom is -0.406 e. The standard InChI is InChI=1S/C15H19F3N2O2/c1-11-6-8-20(9-7-11)10-14(21)19-12-2-4-13(5-3-12)22-15(16,17)18/h2-5,11H,6-10H2,1H3,(H,19,21)/p+1. The van der Waals surface area contributed by atoms with E-state index in [4.69, 9.17) is 0 Å². The van der Waals surface area contributed by atoms with Crippen LogP contribution in [0, 0.1) is 5.92 Å². The zero-order valence-corrected chi connectivity index (χ0v) is 12.4. The first-order valence-electron chi connectivity index (χ1n) is 7.31. The number of rotatable bonds is 4. The largest absolute Gasteiger partial charge is 0.573 e. The van der Waals surface area contributed by atoms with Crippen LogP contribution in [0.5, 0.6) is 5.75 Å². The molecule has 1 aliphatic heterocycles. The summed E-state index contributed by atoms with van der Waals surface area (Å²) in [5.41, 5.74) is 0.462. The van der Waals surface area contributed by atoms with Gasteiger partial charge in [-0.2, -0.15) is 0 Å². The first-order valence-corrected chi connectivity index (χ1v) is 7.31. The third-order valence-electron chi connectivity index (χ3n) is 3.76. The summed E-state index contributed by atoms with van der Waals surface area (Å²) < 4.78 is 39.9. The van der Waals surface area contributed by atoms with E-state index in [0.717, 1.165) is 25.9 Å². The number of ether oxygens (including phenoxy) is 1. The number of nitrogens with one attached hydrogen (secondary N) is 2. The van der Waals surface area contributed by atoms with Gasteiger partial charge in [-0.15, -0.1) is 13.2 Å². The minimum atomic E-state index is -4.71. The second kappa shape index (κ2) is 7.00. The summed E-state index contributed by atoms with van der Waals surface area (Å²) in [6.45, 7) is 4.55. The number of alkyl halides is 3. The van der Waals surface area contributed by atoms with Gasteiger partial charge in [-0.05, 0) is 43.0 Å². The molecule has 7 heteroatoms. The van der Waals surface area contributed by atoms with Crippen molar-refractivity contribution in [3.8, 4) is 5.75 Å². The molecule has 0 unspecified atom stereocenters. The molecule has 1 aliphatic rings. The topological polar surface area (TPSA) is 42.8 Å². The summed E-state index contributed by atoms with van der Waals surface area (Å²) in [4.78, 5) is 13.2. The minimum absolute atomic E-state index is 0.131. The Hall–Kier alpha value is -1.76. The lowest BCUT2D eigenvalue weighted by Crippen LogP contribution is -3.14. The van der Waals surface area contributed by atoms with Crippen LogP contribution in [0.4, 0.5) is 18.9 Å². The number of anilines is 1. The molecule has 1 fully saturated rings. The number of likely N-dealkylation sites (tertiary alicyclic amines) is 1. The molecule has 1 heterocycles. The molecule has 2 rings (SSSR count). The lowest BCUT2D eigenvalue weighted by Gasteiger charge is -2.26. The number of piperidine rings is 1. The average Bonchev–Trinajstić information content (AvgIpc) is 2.42. The molecule has 0 bridgehead atoms. The SMILES string of the molecule is CC1CC[NH+](CC(=O)Nc2ccc(OC(F)(F)F)cc2)CC1.